The molecular formula is C13H12ClN3O2. The number of ether oxygens (including phenoxy) is 1. The van der Waals surface area contributed by atoms with Crippen LogP contribution in [0.3, 0.4) is 0 Å². The number of methoxy groups -OCH3 is 1. The summed E-state index contributed by atoms with van der Waals surface area (Å²) in [5, 5.41) is 3.14. The Kier molecular flexibility index (Phi) is 4.30. The summed E-state index contributed by atoms with van der Waals surface area (Å²) in [6, 6.07) is 6.77. The summed E-state index contributed by atoms with van der Waals surface area (Å²) in [7, 11) is 1.55. The summed E-state index contributed by atoms with van der Waals surface area (Å²) < 4.78 is 5.01. The molecule has 5 nitrogen and oxygen atoms in total. The van der Waals surface area contributed by atoms with E-state index in [0.29, 0.717) is 23.1 Å². The molecule has 0 saturated carbocycles. The Labute approximate surface area is 115 Å². The topological polar surface area (TPSA) is 64.1 Å². The quantitative estimate of drug-likeness (QED) is 0.869. The molecule has 0 unspecified atom stereocenters. The zero-order chi connectivity index (χ0) is 13.7. The van der Waals surface area contributed by atoms with Crippen molar-refractivity contribution in [2.45, 2.75) is 6.54 Å². The minimum Gasteiger partial charge on any atom is -0.481 e. The molecule has 0 fully saturated rings. The summed E-state index contributed by atoms with van der Waals surface area (Å²) in [6.45, 7) is 0.389. The highest BCUT2D eigenvalue weighted by Crippen LogP contribution is 2.09. The summed E-state index contributed by atoms with van der Waals surface area (Å²) in [4.78, 5) is 19.7. The summed E-state index contributed by atoms with van der Waals surface area (Å²) >= 11 is 5.66. The van der Waals surface area contributed by atoms with Gasteiger partial charge in [0.1, 0.15) is 5.15 Å². The van der Waals surface area contributed by atoms with Crippen molar-refractivity contribution >= 4 is 17.5 Å². The van der Waals surface area contributed by atoms with Crippen molar-refractivity contribution in [3.05, 3.63) is 52.9 Å². The number of carbonyl (C=O) groups is 1. The van der Waals surface area contributed by atoms with Gasteiger partial charge in [0.2, 0.25) is 5.88 Å². The van der Waals surface area contributed by atoms with Gasteiger partial charge in [-0.2, -0.15) is 0 Å². The van der Waals surface area contributed by atoms with E-state index in [-0.39, 0.29) is 5.91 Å². The molecule has 2 heterocycles. The van der Waals surface area contributed by atoms with Crippen LogP contribution < -0.4 is 10.1 Å². The third kappa shape index (κ3) is 3.66. The van der Waals surface area contributed by atoms with Gasteiger partial charge in [-0.15, -0.1) is 0 Å². The van der Waals surface area contributed by atoms with E-state index < -0.39 is 0 Å². The van der Waals surface area contributed by atoms with E-state index in [4.69, 9.17) is 16.3 Å². The van der Waals surface area contributed by atoms with Crippen LogP contribution in [-0.2, 0) is 6.54 Å². The second-order valence-electron chi connectivity index (χ2n) is 3.76. The van der Waals surface area contributed by atoms with Crippen LogP contribution in [0.2, 0.25) is 5.15 Å². The zero-order valence-electron chi connectivity index (χ0n) is 10.3. The Morgan fingerprint density at radius 3 is 2.89 bits per heavy atom. The molecule has 2 rings (SSSR count). The first kappa shape index (κ1) is 13.3. The number of rotatable bonds is 4. The molecule has 0 atom stereocenters. The smallest absolute Gasteiger partial charge is 0.253 e. The predicted molar refractivity (Wildman–Crippen MR) is 71.2 cm³/mol. The molecule has 0 aliphatic rings. The highest BCUT2D eigenvalue weighted by atomic mass is 35.5. The SMILES string of the molecule is COc1cc(CNC(=O)c2ccc(Cl)nc2)ccn1. The second kappa shape index (κ2) is 6.15. The first-order chi connectivity index (χ1) is 9.19. The van der Waals surface area contributed by atoms with E-state index in [9.17, 15) is 4.79 Å². The van der Waals surface area contributed by atoms with Gasteiger partial charge in [0, 0.05) is 25.0 Å². The largest absolute Gasteiger partial charge is 0.481 e. The number of amides is 1. The van der Waals surface area contributed by atoms with Crippen LogP contribution in [0.4, 0.5) is 0 Å². The van der Waals surface area contributed by atoms with Gasteiger partial charge in [0.25, 0.3) is 5.91 Å². The molecule has 6 heteroatoms. The van der Waals surface area contributed by atoms with Gasteiger partial charge in [0.15, 0.2) is 0 Å². The van der Waals surface area contributed by atoms with Crippen LogP contribution >= 0.6 is 11.6 Å². The second-order valence-corrected chi connectivity index (χ2v) is 4.15. The lowest BCUT2D eigenvalue weighted by Gasteiger charge is -2.06. The van der Waals surface area contributed by atoms with Crippen LogP contribution in [0.15, 0.2) is 36.7 Å². The van der Waals surface area contributed by atoms with Crippen LogP contribution in [0, 0.1) is 0 Å². The number of hydrogen-bond acceptors (Lipinski definition) is 4. The van der Waals surface area contributed by atoms with Gasteiger partial charge in [0.05, 0.1) is 12.7 Å². The normalized spacial score (nSPS) is 10.0. The standard InChI is InChI=1S/C13H12ClN3O2/c1-19-12-6-9(4-5-15-12)7-17-13(18)10-2-3-11(14)16-8-10/h2-6,8H,7H2,1H3,(H,17,18). The van der Waals surface area contributed by atoms with Crippen LogP contribution in [0.25, 0.3) is 0 Å². The number of aromatic nitrogens is 2. The molecule has 19 heavy (non-hydrogen) atoms. The van der Waals surface area contributed by atoms with E-state index >= 15 is 0 Å². The molecule has 0 saturated heterocycles. The number of nitrogens with zero attached hydrogens (tertiary/aromatic N) is 2. The number of halogens is 1. The average Bonchev–Trinajstić information content (AvgIpc) is 2.46. The first-order valence-electron chi connectivity index (χ1n) is 5.57. The molecule has 0 aromatic carbocycles. The summed E-state index contributed by atoms with van der Waals surface area (Å²) in [5.74, 6) is 0.305. The lowest BCUT2D eigenvalue weighted by atomic mass is 10.2. The monoisotopic (exact) mass is 277 g/mol. The fourth-order valence-corrected chi connectivity index (χ4v) is 1.58. The molecule has 0 aliphatic heterocycles. The number of hydrogen-bond donors (Lipinski definition) is 1. The van der Waals surface area contributed by atoms with Crippen molar-refractivity contribution in [3.8, 4) is 5.88 Å². The van der Waals surface area contributed by atoms with Gasteiger partial charge in [-0.25, -0.2) is 9.97 Å². The van der Waals surface area contributed by atoms with Gasteiger partial charge >= 0.3 is 0 Å². The van der Waals surface area contributed by atoms with E-state index in [1.54, 1.807) is 31.5 Å². The van der Waals surface area contributed by atoms with Crippen molar-refractivity contribution in [3.63, 3.8) is 0 Å². The van der Waals surface area contributed by atoms with Crippen molar-refractivity contribution in [1.82, 2.24) is 15.3 Å². The van der Waals surface area contributed by atoms with Gasteiger partial charge in [-0.1, -0.05) is 11.6 Å². The Bertz CT molecular complexity index is 572. The lowest BCUT2D eigenvalue weighted by Crippen LogP contribution is -2.22. The average molecular weight is 278 g/mol. The van der Waals surface area contributed by atoms with E-state index in [0.717, 1.165) is 5.56 Å². The van der Waals surface area contributed by atoms with Crippen LogP contribution in [0.1, 0.15) is 15.9 Å². The minimum absolute atomic E-state index is 0.208. The number of pyridine rings is 2. The molecule has 2 aromatic heterocycles. The summed E-state index contributed by atoms with van der Waals surface area (Å²) in [5.41, 5.74) is 1.37. The number of nitrogens with one attached hydrogen (secondary N) is 1. The van der Waals surface area contributed by atoms with Gasteiger partial charge < -0.3 is 10.1 Å². The molecular weight excluding hydrogens is 266 g/mol. The maximum atomic E-state index is 11.8. The molecule has 1 amide bonds. The van der Waals surface area contributed by atoms with E-state index in [2.05, 4.69) is 15.3 Å². The Morgan fingerprint density at radius 1 is 1.37 bits per heavy atom. The van der Waals surface area contributed by atoms with E-state index in [1.807, 2.05) is 6.07 Å². The fourth-order valence-electron chi connectivity index (χ4n) is 1.47. The first-order valence-corrected chi connectivity index (χ1v) is 5.95. The Morgan fingerprint density at radius 2 is 2.21 bits per heavy atom. The summed E-state index contributed by atoms with van der Waals surface area (Å²) in [6.07, 6.45) is 3.06. The van der Waals surface area contributed by atoms with Gasteiger partial charge in [-0.3, -0.25) is 4.79 Å². The molecule has 0 bridgehead atoms. The highest BCUT2D eigenvalue weighted by Gasteiger charge is 2.06. The van der Waals surface area contributed by atoms with Crippen LogP contribution in [0.5, 0.6) is 5.88 Å². The van der Waals surface area contributed by atoms with E-state index in [1.165, 1.54) is 6.20 Å². The zero-order valence-corrected chi connectivity index (χ0v) is 11.0. The fraction of sp³-hybridized carbons (Fsp3) is 0.154. The maximum Gasteiger partial charge on any atom is 0.253 e. The molecule has 1 N–H and O–H groups in total. The van der Waals surface area contributed by atoms with Crippen LogP contribution in [-0.4, -0.2) is 23.0 Å². The maximum absolute atomic E-state index is 11.8. The van der Waals surface area contributed by atoms with Gasteiger partial charge in [-0.05, 0) is 23.8 Å². The molecule has 0 spiro atoms. The number of carbonyl (C=O) groups excluding carboxylic acids is 1. The van der Waals surface area contributed by atoms with Crippen molar-refractivity contribution in [1.29, 1.82) is 0 Å². The molecule has 0 aliphatic carbocycles. The molecule has 98 valence electrons. The highest BCUT2D eigenvalue weighted by molar-refractivity contribution is 6.29. The Hall–Kier alpha value is -2.14. The van der Waals surface area contributed by atoms with Crippen molar-refractivity contribution < 1.29 is 9.53 Å². The third-order valence-corrected chi connectivity index (χ3v) is 2.67. The van der Waals surface area contributed by atoms with Crippen molar-refractivity contribution in [2.24, 2.45) is 0 Å². The van der Waals surface area contributed by atoms with Crippen molar-refractivity contribution in [2.75, 3.05) is 7.11 Å². The lowest BCUT2D eigenvalue weighted by molar-refractivity contribution is 0.0950. The minimum atomic E-state index is -0.208. The Balaban J connectivity index is 1.98. The predicted octanol–water partition coefficient (Wildman–Crippen LogP) is 2.07. The molecule has 2 aromatic rings. The molecule has 0 radical (unpaired) electrons. The third-order valence-electron chi connectivity index (χ3n) is 2.45.